The maximum absolute atomic E-state index is 12.2. The number of aryl methyl sites for hydroxylation is 2. The zero-order chi connectivity index (χ0) is 14.1. The van der Waals surface area contributed by atoms with Crippen molar-refractivity contribution in [3.63, 3.8) is 0 Å². The van der Waals surface area contributed by atoms with Gasteiger partial charge >= 0.3 is 0 Å². The first-order chi connectivity index (χ1) is 9.63. The van der Waals surface area contributed by atoms with Gasteiger partial charge in [0.25, 0.3) is 5.91 Å². The molecule has 5 nitrogen and oxygen atoms in total. The van der Waals surface area contributed by atoms with E-state index in [4.69, 9.17) is 0 Å². The van der Waals surface area contributed by atoms with Crippen molar-refractivity contribution in [2.24, 2.45) is 0 Å². The Morgan fingerprint density at radius 2 is 2.15 bits per heavy atom. The van der Waals surface area contributed by atoms with Crippen molar-refractivity contribution in [3.05, 3.63) is 59.8 Å². The molecule has 1 amide bonds. The molecule has 3 heterocycles. The molecule has 0 saturated carbocycles. The monoisotopic (exact) mass is 266 g/mol. The maximum Gasteiger partial charge on any atom is 0.255 e. The van der Waals surface area contributed by atoms with Crippen LogP contribution in [-0.2, 0) is 0 Å². The van der Waals surface area contributed by atoms with E-state index >= 15 is 0 Å². The van der Waals surface area contributed by atoms with Gasteiger partial charge < -0.3 is 9.72 Å². The lowest BCUT2D eigenvalue weighted by Crippen LogP contribution is -2.13. The number of amides is 1. The first kappa shape index (κ1) is 12.3. The predicted molar refractivity (Wildman–Crippen MR) is 76.9 cm³/mol. The Labute approximate surface area is 116 Å². The molecule has 0 fully saturated rings. The summed E-state index contributed by atoms with van der Waals surface area (Å²) in [4.78, 5) is 20.6. The summed E-state index contributed by atoms with van der Waals surface area (Å²) in [7, 11) is 0. The molecule has 0 bridgehead atoms. The highest BCUT2D eigenvalue weighted by molar-refractivity contribution is 6.05. The molecule has 1 N–H and O–H groups in total. The third-order valence-electron chi connectivity index (χ3n) is 3.11. The molecule has 0 radical (unpaired) electrons. The van der Waals surface area contributed by atoms with Crippen molar-refractivity contribution in [1.82, 2.24) is 14.4 Å². The van der Waals surface area contributed by atoms with Crippen LogP contribution in [0.4, 0.5) is 5.69 Å². The number of carbonyl (C=O) groups is 1. The van der Waals surface area contributed by atoms with Crippen LogP contribution in [0.25, 0.3) is 5.65 Å². The standard InChI is InChI=1S/C15H14N4O/c1-10-8-16-5-3-13(10)18-15(20)12-4-6-19-9-11(2)17-14(19)7-12/h3-9H,1-2H3,(H,16,18,20). The Bertz CT molecular complexity index is 791. The Hall–Kier alpha value is -2.69. The molecule has 3 aromatic rings. The second kappa shape index (κ2) is 4.77. The van der Waals surface area contributed by atoms with Crippen molar-refractivity contribution in [2.45, 2.75) is 13.8 Å². The van der Waals surface area contributed by atoms with E-state index in [1.165, 1.54) is 0 Å². The van der Waals surface area contributed by atoms with Crippen LogP contribution in [-0.4, -0.2) is 20.3 Å². The van der Waals surface area contributed by atoms with Crippen LogP contribution in [0.3, 0.4) is 0 Å². The van der Waals surface area contributed by atoms with Crippen LogP contribution in [0.2, 0.25) is 0 Å². The Kier molecular flexibility index (Phi) is 2.95. The summed E-state index contributed by atoms with van der Waals surface area (Å²) in [6, 6.07) is 5.34. The van der Waals surface area contributed by atoms with Crippen molar-refractivity contribution >= 4 is 17.2 Å². The first-order valence-corrected chi connectivity index (χ1v) is 6.31. The SMILES string of the molecule is Cc1cn2ccc(C(=O)Nc3ccncc3C)cc2n1. The number of nitrogens with one attached hydrogen (secondary N) is 1. The molecule has 0 aliphatic carbocycles. The minimum absolute atomic E-state index is 0.151. The summed E-state index contributed by atoms with van der Waals surface area (Å²) in [5.41, 5.74) is 3.97. The van der Waals surface area contributed by atoms with E-state index in [1.54, 1.807) is 30.6 Å². The number of anilines is 1. The number of fused-ring (bicyclic) bond motifs is 1. The number of nitrogens with zero attached hydrogens (tertiary/aromatic N) is 3. The quantitative estimate of drug-likeness (QED) is 0.775. The van der Waals surface area contributed by atoms with E-state index in [0.717, 1.165) is 22.6 Å². The molecular formula is C15H14N4O. The molecule has 0 unspecified atom stereocenters. The summed E-state index contributed by atoms with van der Waals surface area (Å²) >= 11 is 0. The van der Waals surface area contributed by atoms with Crippen molar-refractivity contribution in [1.29, 1.82) is 0 Å². The van der Waals surface area contributed by atoms with Crippen LogP contribution in [0, 0.1) is 13.8 Å². The van der Waals surface area contributed by atoms with Gasteiger partial charge in [-0.2, -0.15) is 0 Å². The van der Waals surface area contributed by atoms with Crippen LogP contribution in [0.5, 0.6) is 0 Å². The van der Waals surface area contributed by atoms with Gasteiger partial charge in [-0.15, -0.1) is 0 Å². The molecule has 0 aliphatic rings. The second-order valence-corrected chi connectivity index (χ2v) is 4.71. The van der Waals surface area contributed by atoms with E-state index < -0.39 is 0 Å². The van der Waals surface area contributed by atoms with Crippen molar-refractivity contribution in [3.8, 4) is 0 Å². The van der Waals surface area contributed by atoms with Crippen molar-refractivity contribution < 1.29 is 4.79 Å². The van der Waals surface area contributed by atoms with Crippen LogP contribution in [0.15, 0.2) is 43.0 Å². The fourth-order valence-electron chi connectivity index (χ4n) is 2.06. The fourth-order valence-corrected chi connectivity index (χ4v) is 2.06. The Balaban J connectivity index is 1.90. The van der Waals surface area contributed by atoms with Gasteiger partial charge in [-0.25, -0.2) is 4.98 Å². The van der Waals surface area contributed by atoms with Gasteiger partial charge in [0.15, 0.2) is 0 Å². The number of pyridine rings is 2. The molecule has 0 spiro atoms. The summed E-state index contributed by atoms with van der Waals surface area (Å²) in [5, 5.41) is 2.88. The summed E-state index contributed by atoms with van der Waals surface area (Å²) in [5.74, 6) is -0.151. The predicted octanol–water partition coefficient (Wildman–Crippen LogP) is 2.60. The van der Waals surface area contributed by atoms with Gasteiger partial charge in [-0.3, -0.25) is 9.78 Å². The van der Waals surface area contributed by atoms with Gasteiger partial charge in [0, 0.05) is 36.0 Å². The molecule has 0 atom stereocenters. The number of rotatable bonds is 2. The normalized spacial score (nSPS) is 10.7. The zero-order valence-corrected chi connectivity index (χ0v) is 11.3. The highest BCUT2D eigenvalue weighted by Gasteiger charge is 2.09. The van der Waals surface area contributed by atoms with Gasteiger partial charge in [0.1, 0.15) is 5.65 Å². The largest absolute Gasteiger partial charge is 0.322 e. The lowest BCUT2D eigenvalue weighted by atomic mass is 10.2. The molecule has 5 heteroatoms. The third kappa shape index (κ3) is 2.25. The fraction of sp³-hybridized carbons (Fsp3) is 0.133. The minimum atomic E-state index is -0.151. The molecule has 100 valence electrons. The smallest absolute Gasteiger partial charge is 0.255 e. The average molecular weight is 266 g/mol. The number of carbonyl (C=O) groups excluding carboxylic acids is 1. The highest BCUT2D eigenvalue weighted by Crippen LogP contribution is 2.14. The topological polar surface area (TPSA) is 59.3 Å². The van der Waals surface area contributed by atoms with Gasteiger partial charge in [0.05, 0.1) is 5.69 Å². The van der Waals surface area contributed by atoms with Crippen LogP contribution in [0.1, 0.15) is 21.6 Å². The number of imidazole rings is 1. The van der Waals surface area contributed by atoms with E-state index in [1.807, 2.05) is 30.6 Å². The summed E-state index contributed by atoms with van der Waals surface area (Å²) in [6.07, 6.45) is 7.13. The van der Waals surface area contributed by atoms with Gasteiger partial charge in [0.2, 0.25) is 0 Å². The summed E-state index contributed by atoms with van der Waals surface area (Å²) < 4.78 is 1.89. The molecule has 20 heavy (non-hydrogen) atoms. The van der Waals surface area contributed by atoms with E-state index in [-0.39, 0.29) is 5.91 Å². The van der Waals surface area contributed by atoms with Gasteiger partial charge in [-0.1, -0.05) is 0 Å². The average Bonchev–Trinajstić information content (AvgIpc) is 2.80. The minimum Gasteiger partial charge on any atom is -0.322 e. The number of hydrogen-bond donors (Lipinski definition) is 1. The molecule has 0 aromatic carbocycles. The number of aromatic nitrogens is 3. The van der Waals surface area contributed by atoms with Crippen molar-refractivity contribution in [2.75, 3.05) is 5.32 Å². The van der Waals surface area contributed by atoms with Crippen LogP contribution >= 0.6 is 0 Å². The van der Waals surface area contributed by atoms with E-state index in [2.05, 4.69) is 15.3 Å². The lowest BCUT2D eigenvalue weighted by molar-refractivity contribution is 0.102. The first-order valence-electron chi connectivity index (χ1n) is 6.31. The molecule has 3 rings (SSSR count). The lowest BCUT2D eigenvalue weighted by Gasteiger charge is -2.07. The molecule has 0 saturated heterocycles. The third-order valence-corrected chi connectivity index (χ3v) is 3.11. The molecule has 0 aliphatic heterocycles. The van der Waals surface area contributed by atoms with Gasteiger partial charge in [-0.05, 0) is 37.6 Å². The Morgan fingerprint density at radius 1 is 1.30 bits per heavy atom. The van der Waals surface area contributed by atoms with E-state index in [9.17, 15) is 4.79 Å². The second-order valence-electron chi connectivity index (χ2n) is 4.71. The summed E-state index contributed by atoms with van der Waals surface area (Å²) in [6.45, 7) is 3.83. The zero-order valence-electron chi connectivity index (χ0n) is 11.3. The Morgan fingerprint density at radius 3 is 2.95 bits per heavy atom. The number of hydrogen-bond acceptors (Lipinski definition) is 3. The molecular weight excluding hydrogens is 252 g/mol. The van der Waals surface area contributed by atoms with E-state index in [0.29, 0.717) is 5.56 Å². The maximum atomic E-state index is 12.2. The molecule has 3 aromatic heterocycles. The van der Waals surface area contributed by atoms with Crippen LogP contribution < -0.4 is 5.32 Å². The highest BCUT2D eigenvalue weighted by atomic mass is 16.1.